The van der Waals surface area contributed by atoms with Crippen LogP contribution in [0.25, 0.3) is 0 Å². The van der Waals surface area contributed by atoms with Crippen molar-refractivity contribution in [1.82, 2.24) is 25.3 Å². The summed E-state index contributed by atoms with van der Waals surface area (Å²) in [7, 11) is 0. The summed E-state index contributed by atoms with van der Waals surface area (Å²) in [5, 5.41) is 6.58. The molecule has 7 nitrogen and oxygen atoms in total. The Morgan fingerprint density at radius 1 is 1.06 bits per heavy atom. The van der Waals surface area contributed by atoms with Crippen LogP contribution in [0.3, 0.4) is 0 Å². The highest BCUT2D eigenvalue weighted by Gasteiger charge is 2.27. The Balaban J connectivity index is 1.27. The van der Waals surface area contributed by atoms with E-state index in [1.165, 1.54) is 18.4 Å². The molecule has 1 unspecified atom stereocenters. The normalized spacial score (nSPS) is 23.2. The molecule has 1 amide bonds. The number of amides is 1. The second kappa shape index (κ2) is 11.0. The monoisotopic (exact) mass is 426 g/mol. The average Bonchev–Trinajstić information content (AvgIpc) is 3.49. The molecule has 1 aromatic carbocycles. The van der Waals surface area contributed by atoms with Gasteiger partial charge in [0.2, 0.25) is 5.91 Å². The molecule has 7 heteroatoms. The van der Waals surface area contributed by atoms with Crippen LogP contribution in [0.2, 0.25) is 0 Å². The average molecular weight is 427 g/mol. The van der Waals surface area contributed by atoms with E-state index in [1.807, 2.05) is 0 Å². The summed E-state index contributed by atoms with van der Waals surface area (Å²) < 4.78 is 0. The smallest absolute Gasteiger partial charge is 0.234 e. The molecule has 1 saturated carbocycles. The van der Waals surface area contributed by atoms with Crippen LogP contribution in [0, 0.1) is 0 Å². The zero-order valence-electron chi connectivity index (χ0n) is 18.9. The molecule has 3 fully saturated rings. The topological polar surface area (TPSA) is 63.2 Å². The van der Waals surface area contributed by atoms with E-state index in [-0.39, 0.29) is 5.91 Å². The van der Waals surface area contributed by atoms with Crippen molar-refractivity contribution >= 4 is 11.9 Å². The van der Waals surface area contributed by atoms with Gasteiger partial charge in [-0.15, -0.1) is 0 Å². The molecule has 2 N–H and O–H groups in total. The molecule has 1 aromatic rings. The lowest BCUT2D eigenvalue weighted by Gasteiger charge is -2.36. The number of benzene rings is 1. The molecule has 0 bridgehead atoms. The molecule has 1 aliphatic carbocycles. The maximum Gasteiger partial charge on any atom is 0.234 e. The molecule has 1 atom stereocenters. The van der Waals surface area contributed by atoms with Crippen LogP contribution in [0.1, 0.15) is 38.2 Å². The number of piperazine rings is 1. The van der Waals surface area contributed by atoms with Crippen molar-refractivity contribution in [2.45, 2.75) is 51.2 Å². The molecule has 2 aliphatic heterocycles. The highest BCUT2D eigenvalue weighted by atomic mass is 16.2. The second-order valence-corrected chi connectivity index (χ2v) is 9.05. The standard InChI is InChI=1S/C24H38N6O/c1-2-25-24(29-15-13-28(14-16-29)19-23(31)27-21-10-11-21)26-17-22-9-6-12-30(22)18-20-7-4-3-5-8-20/h3-5,7-8,21-22H,2,6,9-19H2,1H3,(H,25,26)(H,27,31). The number of nitrogens with zero attached hydrogens (tertiary/aromatic N) is 4. The Kier molecular flexibility index (Phi) is 7.81. The van der Waals surface area contributed by atoms with Crippen molar-refractivity contribution in [2.75, 3.05) is 52.4 Å². The minimum absolute atomic E-state index is 0.177. The molecule has 4 rings (SSSR count). The molecule has 170 valence electrons. The van der Waals surface area contributed by atoms with Gasteiger partial charge >= 0.3 is 0 Å². The summed E-state index contributed by atoms with van der Waals surface area (Å²) in [6.07, 6.45) is 4.77. The van der Waals surface area contributed by atoms with Crippen molar-refractivity contribution in [3.63, 3.8) is 0 Å². The van der Waals surface area contributed by atoms with E-state index in [2.05, 4.69) is 62.6 Å². The van der Waals surface area contributed by atoms with E-state index in [4.69, 9.17) is 4.99 Å². The Hall–Kier alpha value is -2.12. The molecule has 0 aromatic heterocycles. The predicted octanol–water partition coefficient (Wildman–Crippen LogP) is 1.51. The number of rotatable bonds is 8. The van der Waals surface area contributed by atoms with E-state index in [0.29, 0.717) is 18.6 Å². The Labute approximate surface area is 186 Å². The van der Waals surface area contributed by atoms with Crippen LogP contribution in [0.15, 0.2) is 35.3 Å². The lowest BCUT2D eigenvalue weighted by molar-refractivity contribution is -0.122. The summed E-state index contributed by atoms with van der Waals surface area (Å²) in [5.41, 5.74) is 1.38. The third kappa shape index (κ3) is 6.68. The molecule has 0 radical (unpaired) electrons. The highest BCUT2D eigenvalue weighted by molar-refractivity contribution is 5.80. The van der Waals surface area contributed by atoms with E-state index in [1.54, 1.807) is 0 Å². The number of hydrogen-bond acceptors (Lipinski definition) is 4. The van der Waals surface area contributed by atoms with Gasteiger partial charge in [-0.05, 0) is 44.7 Å². The third-order valence-corrected chi connectivity index (χ3v) is 6.50. The number of carbonyl (C=O) groups is 1. The second-order valence-electron chi connectivity index (χ2n) is 9.05. The van der Waals surface area contributed by atoms with Crippen LogP contribution < -0.4 is 10.6 Å². The van der Waals surface area contributed by atoms with Crippen LogP contribution in [0.4, 0.5) is 0 Å². The van der Waals surface area contributed by atoms with Gasteiger partial charge in [0.25, 0.3) is 0 Å². The quantitative estimate of drug-likeness (QED) is 0.487. The fourth-order valence-electron chi connectivity index (χ4n) is 4.57. The highest BCUT2D eigenvalue weighted by Crippen LogP contribution is 2.21. The molecular formula is C24H38N6O. The van der Waals surface area contributed by atoms with E-state index >= 15 is 0 Å². The fraction of sp³-hybridized carbons (Fsp3) is 0.667. The Bertz CT molecular complexity index is 727. The van der Waals surface area contributed by atoms with Crippen molar-refractivity contribution in [1.29, 1.82) is 0 Å². The number of likely N-dealkylation sites (tertiary alicyclic amines) is 1. The lowest BCUT2D eigenvalue weighted by atomic mass is 10.2. The SMILES string of the molecule is CCNC(=NCC1CCCN1Cc1ccccc1)N1CCN(CC(=O)NC2CC2)CC1. The van der Waals surface area contributed by atoms with Gasteiger partial charge in [-0.3, -0.25) is 19.6 Å². The van der Waals surface area contributed by atoms with E-state index in [0.717, 1.165) is 71.2 Å². The van der Waals surface area contributed by atoms with Gasteiger partial charge in [0.15, 0.2) is 5.96 Å². The first kappa shape index (κ1) is 22.1. The van der Waals surface area contributed by atoms with Crippen LogP contribution in [-0.2, 0) is 11.3 Å². The minimum Gasteiger partial charge on any atom is -0.357 e. The predicted molar refractivity (Wildman–Crippen MR) is 125 cm³/mol. The maximum absolute atomic E-state index is 12.1. The number of guanidine groups is 1. The lowest BCUT2D eigenvalue weighted by Crippen LogP contribution is -2.54. The summed E-state index contributed by atoms with van der Waals surface area (Å²) in [4.78, 5) is 24.3. The molecule has 2 heterocycles. The van der Waals surface area contributed by atoms with Crippen molar-refractivity contribution < 1.29 is 4.79 Å². The van der Waals surface area contributed by atoms with Crippen molar-refractivity contribution in [2.24, 2.45) is 4.99 Å². The van der Waals surface area contributed by atoms with Gasteiger partial charge in [-0.25, -0.2) is 0 Å². The first-order valence-electron chi connectivity index (χ1n) is 12.0. The van der Waals surface area contributed by atoms with Crippen molar-refractivity contribution in [3.05, 3.63) is 35.9 Å². The summed E-state index contributed by atoms with van der Waals surface area (Å²) in [6, 6.07) is 11.7. The summed E-state index contributed by atoms with van der Waals surface area (Å²) in [5.74, 6) is 1.20. The Morgan fingerprint density at radius 2 is 1.84 bits per heavy atom. The molecule has 31 heavy (non-hydrogen) atoms. The maximum atomic E-state index is 12.1. The number of nitrogens with one attached hydrogen (secondary N) is 2. The van der Waals surface area contributed by atoms with Gasteiger partial charge < -0.3 is 15.5 Å². The van der Waals surface area contributed by atoms with Crippen LogP contribution in [0.5, 0.6) is 0 Å². The van der Waals surface area contributed by atoms with E-state index < -0.39 is 0 Å². The van der Waals surface area contributed by atoms with Crippen LogP contribution >= 0.6 is 0 Å². The zero-order chi connectivity index (χ0) is 21.5. The van der Waals surface area contributed by atoms with Gasteiger partial charge in [0.1, 0.15) is 0 Å². The summed E-state index contributed by atoms with van der Waals surface area (Å²) >= 11 is 0. The van der Waals surface area contributed by atoms with Crippen molar-refractivity contribution in [3.8, 4) is 0 Å². The molecule has 3 aliphatic rings. The largest absolute Gasteiger partial charge is 0.357 e. The number of aliphatic imine (C=N–C) groups is 1. The number of carbonyl (C=O) groups excluding carboxylic acids is 1. The van der Waals surface area contributed by atoms with E-state index in [9.17, 15) is 4.79 Å². The summed E-state index contributed by atoms with van der Waals surface area (Å²) in [6.45, 7) is 10.2. The van der Waals surface area contributed by atoms with Crippen LogP contribution in [-0.4, -0.2) is 91.0 Å². The molecular weight excluding hydrogens is 388 g/mol. The van der Waals surface area contributed by atoms with Gasteiger partial charge in [0, 0.05) is 51.4 Å². The minimum atomic E-state index is 0.177. The first-order valence-corrected chi connectivity index (χ1v) is 12.0. The molecule has 0 spiro atoms. The molecule has 2 saturated heterocycles. The fourth-order valence-corrected chi connectivity index (χ4v) is 4.57. The first-order chi connectivity index (χ1) is 15.2. The van der Waals surface area contributed by atoms with Gasteiger partial charge in [0.05, 0.1) is 13.1 Å². The Morgan fingerprint density at radius 3 is 2.55 bits per heavy atom. The van der Waals surface area contributed by atoms with Gasteiger partial charge in [-0.1, -0.05) is 30.3 Å². The zero-order valence-corrected chi connectivity index (χ0v) is 18.9. The van der Waals surface area contributed by atoms with Gasteiger partial charge in [-0.2, -0.15) is 0 Å². The number of hydrogen-bond donors (Lipinski definition) is 2. The third-order valence-electron chi connectivity index (χ3n) is 6.50.